The van der Waals surface area contributed by atoms with E-state index < -0.39 is 5.82 Å². The van der Waals surface area contributed by atoms with Gasteiger partial charge in [-0.25, -0.2) is 13.9 Å². The topological polar surface area (TPSA) is 82.8 Å². The fourth-order valence-corrected chi connectivity index (χ4v) is 4.12. The molecule has 33 heavy (non-hydrogen) atoms. The minimum absolute atomic E-state index is 0.0619. The number of aromatic hydroxyl groups is 1. The molecule has 1 aromatic carbocycles. The average molecular weight is 476 g/mol. The van der Waals surface area contributed by atoms with Crippen molar-refractivity contribution in [2.24, 2.45) is 0 Å². The van der Waals surface area contributed by atoms with Crippen molar-refractivity contribution in [3.63, 3.8) is 0 Å². The van der Waals surface area contributed by atoms with Crippen LogP contribution in [0.1, 0.15) is 65.1 Å². The molecule has 2 aromatic heterocycles. The summed E-state index contributed by atoms with van der Waals surface area (Å²) in [5.41, 5.74) is 3.84. The Labute approximate surface area is 198 Å². The molecule has 1 saturated carbocycles. The lowest BCUT2D eigenvalue weighted by Crippen LogP contribution is -2.26. The maximum atomic E-state index is 13.1. The molecule has 0 spiro atoms. The van der Waals surface area contributed by atoms with Crippen LogP contribution in [0.5, 0.6) is 5.75 Å². The van der Waals surface area contributed by atoms with Gasteiger partial charge in [-0.05, 0) is 40.1 Å². The van der Waals surface area contributed by atoms with Gasteiger partial charge in [0, 0.05) is 11.6 Å². The van der Waals surface area contributed by atoms with Gasteiger partial charge in [0.1, 0.15) is 11.6 Å². The number of amides is 1. The second kappa shape index (κ2) is 10.9. The Balaban J connectivity index is 0.000000328. The molecule has 3 aromatic rings. The number of aromatic nitrogens is 3. The van der Waals surface area contributed by atoms with Gasteiger partial charge < -0.3 is 15.3 Å². The smallest absolute Gasteiger partial charge is 0.258 e. The summed E-state index contributed by atoms with van der Waals surface area (Å²) >= 11 is 6.22. The Morgan fingerprint density at radius 3 is 2.30 bits per heavy atom. The van der Waals surface area contributed by atoms with Crippen LogP contribution < -0.4 is 5.32 Å². The first-order chi connectivity index (χ1) is 15.8. The van der Waals surface area contributed by atoms with Gasteiger partial charge in [0.15, 0.2) is 5.65 Å². The van der Waals surface area contributed by atoms with Gasteiger partial charge >= 0.3 is 0 Å². The van der Waals surface area contributed by atoms with Gasteiger partial charge in [-0.15, -0.1) is 0 Å². The Morgan fingerprint density at radius 1 is 1.12 bits per heavy atom. The van der Waals surface area contributed by atoms with Crippen molar-refractivity contribution in [3.8, 4) is 5.75 Å². The SMILES string of the molecule is C1CCCC1.CNC.Cc1nc2c3c(nn2c(C)c1Cl)CN(C(=O)c1ccc(F)cc1O)C3. The van der Waals surface area contributed by atoms with E-state index in [4.69, 9.17) is 11.6 Å². The first kappa shape index (κ1) is 24.9. The second-order valence-corrected chi connectivity index (χ2v) is 8.73. The van der Waals surface area contributed by atoms with Crippen LogP contribution >= 0.6 is 11.6 Å². The minimum Gasteiger partial charge on any atom is -0.507 e. The van der Waals surface area contributed by atoms with E-state index in [1.54, 1.807) is 9.42 Å². The zero-order valence-corrected chi connectivity index (χ0v) is 20.3. The van der Waals surface area contributed by atoms with Gasteiger partial charge in [-0.1, -0.05) is 43.7 Å². The summed E-state index contributed by atoms with van der Waals surface area (Å²) in [7, 11) is 3.75. The van der Waals surface area contributed by atoms with Crippen LogP contribution in [0.15, 0.2) is 18.2 Å². The van der Waals surface area contributed by atoms with E-state index >= 15 is 0 Å². The molecule has 178 valence electrons. The summed E-state index contributed by atoms with van der Waals surface area (Å²) < 4.78 is 14.8. The quantitative estimate of drug-likeness (QED) is 0.529. The number of aryl methyl sites for hydroxylation is 2. The van der Waals surface area contributed by atoms with Gasteiger partial charge in [0.25, 0.3) is 5.91 Å². The number of nitrogens with zero attached hydrogens (tertiary/aromatic N) is 4. The first-order valence-corrected chi connectivity index (χ1v) is 11.6. The summed E-state index contributed by atoms with van der Waals surface area (Å²) in [6, 6.07) is 3.36. The Morgan fingerprint density at radius 2 is 1.73 bits per heavy atom. The first-order valence-electron chi connectivity index (χ1n) is 11.2. The molecule has 1 amide bonds. The Kier molecular flexibility index (Phi) is 8.26. The van der Waals surface area contributed by atoms with Crippen molar-refractivity contribution in [1.29, 1.82) is 0 Å². The van der Waals surface area contributed by atoms with E-state index in [1.807, 2.05) is 27.9 Å². The number of hydrogen-bond donors (Lipinski definition) is 2. The zero-order chi connectivity index (χ0) is 24.1. The predicted octanol–water partition coefficient (Wildman–Crippen LogP) is 4.79. The Hall–Kier alpha value is -2.71. The molecule has 0 radical (unpaired) electrons. The largest absolute Gasteiger partial charge is 0.507 e. The minimum atomic E-state index is -0.594. The van der Waals surface area contributed by atoms with Crippen molar-refractivity contribution in [3.05, 3.63) is 57.2 Å². The van der Waals surface area contributed by atoms with Gasteiger partial charge in [-0.2, -0.15) is 5.10 Å². The highest BCUT2D eigenvalue weighted by Crippen LogP contribution is 2.31. The third-order valence-electron chi connectivity index (χ3n) is 5.68. The molecule has 5 rings (SSSR count). The van der Waals surface area contributed by atoms with Gasteiger partial charge in [-0.3, -0.25) is 4.79 Å². The second-order valence-electron chi connectivity index (χ2n) is 8.35. The fourth-order valence-electron chi connectivity index (χ4n) is 4.00. The van der Waals surface area contributed by atoms with E-state index in [0.29, 0.717) is 29.5 Å². The molecule has 0 bridgehead atoms. The summed E-state index contributed by atoms with van der Waals surface area (Å²) in [4.78, 5) is 18.7. The van der Waals surface area contributed by atoms with Gasteiger partial charge in [0.2, 0.25) is 0 Å². The number of hydrogen-bond acceptors (Lipinski definition) is 5. The number of carbonyl (C=O) groups is 1. The standard InChI is InChI=1S/C17H14ClFN4O2.C5H10.C2H7N/c1-8-15(18)9(2)23-16(20-8)12-6-22(7-13(12)21-23)17(25)11-4-3-10(19)5-14(11)24;1-2-4-5-3-1;1-3-2/h3-5,24H,6-7H2,1-2H3;1-5H2;3H,1-2H3. The number of rotatable bonds is 1. The van der Waals surface area contributed by atoms with E-state index in [0.717, 1.165) is 29.1 Å². The summed E-state index contributed by atoms with van der Waals surface area (Å²) in [5, 5.41) is 17.7. The van der Waals surface area contributed by atoms with Crippen LogP contribution in [0, 0.1) is 19.7 Å². The van der Waals surface area contributed by atoms with E-state index in [-0.39, 0.29) is 17.2 Å². The number of phenolic OH excluding ortho intramolecular Hbond substituents is 1. The molecule has 0 atom stereocenters. The monoisotopic (exact) mass is 475 g/mol. The van der Waals surface area contributed by atoms with Crippen LogP contribution in [0.25, 0.3) is 5.65 Å². The molecule has 2 aliphatic rings. The third-order valence-corrected chi connectivity index (χ3v) is 6.23. The molecule has 7 nitrogen and oxygen atoms in total. The number of nitrogens with one attached hydrogen (secondary N) is 1. The van der Waals surface area contributed by atoms with E-state index in [1.165, 1.54) is 38.2 Å². The molecule has 1 aliphatic heterocycles. The molecular formula is C24H31ClFN5O2. The number of halogens is 2. The molecular weight excluding hydrogens is 445 g/mol. The molecule has 0 saturated heterocycles. The Bertz CT molecular complexity index is 1140. The van der Waals surface area contributed by atoms with Crippen LogP contribution in [-0.4, -0.2) is 44.6 Å². The molecule has 9 heteroatoms. The van der Waals surface area contributed by atoms with Crippen LogP contribution in [0.2, 0.25) is 5.02 Å². The van der Waals surface area contributed by atoms with Crippen molar-refractivity contribution >= 4 is 23.2 Å². The van der Waals surface area contributed by atoms with Crippen LogP contribution in [0.3, 0.4) is 0 Å². The molecule has 0 unspecified atom stereocenters. The number of benzene rings is 1. The molecule has 1 fully saturated rings. The molecule has 1 aliphatic carbocycles. The number of carbonyl (C=O) groups excluding carboxylic acids is 1. The summed E-state index contributed by atoms with van der Waals surface area (Å²) in [6.07, 6.45) is 7.50. The lowest BCUT2D eigenvalue weighted by molar-refractivity contribution is 0.0746. The van der Waals surface area contributed by atoms with Crippen molar-refractivity contribution in [2.45, 2.75) is 59.0 Å². The highest BCUT2D eigenvalue weighted by Gasteiger charge is 2.31. The van der Waals surface area contributed by atoms with Crippen molar-refractivity contribution in [1.82, 2.24) is 24.8 Å². The summed E-state index contributed by atoms with van der Waals surface area (Å²) in [6.45, 7) is 4.31. The molecule has 2 N–H and O–H groups in total. The highest BCUT2D eigenvalue weighted by atomic mass is 35.5. The van der Waals surface area contributed by atoms with E-state index in [2.05, 4.69) is 15.4 Å². The van der Waals surface area contributed by atoms with Crippen LogP contribution in [0.4, 0.5) is 4.39 Å². The van der Waals surface area contributed by atoms with E-state index in [9.17, 15) is 14.3 Å². The lowest BCUT2D eigenvalue weighted by atomic mass is 10.1. The molecule has 3 heterocycles. The predicted molar refractivity (Wildman–Crippen MR) is 127 cm³/mol. The maximum absolute atomic E-state index is 13.1. The third kappa shape index (κ3) is 5.45. The summed E-state index contributed by atoms with van der Waals surface area (Å²) in [5.74, 6) is -1.35. The highest BCUT2D eigenvalue weighted by molar-refractivity contribution is 6.31. The van der Waals surface area contributed by atoms with Crippen molar-refractivity contribution < 1.29 is 14.3 Å². The number of fused-ring (bicyclic) bond motifs is 3. The maximum Gasteiger partial charge on any atom is 0.258 e. The zero-order valence-electron chi connectivity index (χ0n) is 19.6. The fraction of sp³-hybridized carbons (Fsp3) is 0.458. The normalized spacial score (nSPS) is 14.4. The van der Waals surface area contributed by atoms with Gasteiger partial charge in [0.05, 0.1) is 40.8 Å². The lowest BCUT2D eigenvalue weighted by Gasteiger charge is -2.16. The van der Waals surface area contributed by atoms with Crippen LogP contribution in [-0.2, 0) is 13.1 Å². The van der Waals surface area contributed by atoms with Crippen molar-refractivity contribution in [2.75, 3.05) is 14.1 Å². The number of phenols is 1. The average Bonchev–Trinajstić information content (AvgIpc) is 3.52.